The van der Waals surface area contributed by atoms with Crippen molar-refractivity contribution in [2.24, 2.45) is 0 Å². The van der Waals surface area contributed by atoms with Crippen LogP contribution >= 0.6 is 11.6 Å². The third-order valence-electron chi connectivity index (χ3n) is 2.76. The molecule has 0 aliphatic rings. The first-order chi connectivity index (χ1) is 9.16. The summed E-state index contributed by atoms with van der Waals surface area (Å²) < 4.78 is 15.2. The maximum atomic E-state index is 13.7. The highest BCUT2D eigenvalue weighted by Crippen LogP contribution is 2.19. The normalized spacial score (nSPS) is 10.8. The van der Waals surface area contributed by atoms with E-state index in [0.717, 1.165) is 5.52 Å². The number of hydrogen-bond acceptors (Lipinski definition) is 3. The maximum absolute atomic E-state index is 13.7. The van der Waals surface area contributed by atoms with E-state index in [-0.39, 0.29) is 5.56 Å². The van der Waals surface area contributed by atoms with E-state index in [1.165, 1.54) is 16.8 Å². The molecule has 19 heavy (non-hydrogen) atoms. The molecule has 0 amide bonds. The van der Waals surface area contributed by atoms with Crippen LogP contribution in [0, 0.1) is 5.82 Å². The minimum absolute atomic E-state index is 0.158. The van der Waals surface area contributed by atoms with Crippen molar-refractivity contribution < 1.29 is 9.18 Å². The van der Waals surface area contributed by atoms with E-state index < -0.39 is 11.1 Å². The van der Waals surface area contributed by atoms with Crippen LogP contribution in [-0.4, -0.2) is 20.2 Å². The molecular weight excluding hydrogens is 269 g/mol. The molecule has 3 rings (SSSR count). The molecule has 0 fully saturated rings. The Morgan fingerprint density at radius 3 is 2.74 bits per heavy atom. The van der Waals surface area contributed by atoms with Gasteiger partial charge in [-0.15, -0.1) is 5.10 Å². The van der Waals surface area contributed by atoms with Crippen LogP contribution in [0.2, 0.25) is 0 Å². The minimum Gasteiger partial charge on any atom is -0.275 e. The molecule has 94 valence electrons. The molecule has 3 aromatic rings. The van der Waals surface area contributed by atoms with Crippen LogP contribution in [0.4, 0.5) is 4.39 Å². The molecule has 1 aromatic heterocycles. The summed E-state index contributed by atoms with van der Waals surface area (Å²) in [7, 11) is 0. The van der Waals surface area contributed by atoms with Gasteiger partial charge in [0.1, 0.15) is 11.3 Å². The van der Waals surface area contributed by atoms with Crippen molar-refractivity contribution in [3.63, 3.8) is 0 Å². The van der Waals surface area contributed by atoms with E-state index in [9.17, 15) is 9.18 Å². The zero-order chi connectivity index (χ0) is 13.4. The standard InChI is InChI=1S/C13H7ClFN3O/c14-13(19)9-6-5-8(7-10(9)15)18-12-4-2-1-3-11(12)16-17-18/h1-7H. The van der Waals surface area contributed by atoms with Crippen LogP contribution < -0.4 is 0 Å². The summed E-state index contributed by atoms with van der Waals surface area (Å²) in [5, 5.41) is 7.12. The summed E-state index contributed by atoms with van der Waals surface area (Å²) in [6.45, 7) is 0. The van der Waals surface area contributed by atoms with Gasteiger partial charge in [0.05, 0.1) is 16.8 Å². The van der Waals surface area contributed by atoms with Crippen LogP contribution in [0.15, 0.2) is 42.5 Å². The fraction of sp³-hybridized carbons (Fsp3) is 0. The van der Waals surface area contributed by atoms with Crippen LogP contribution in [0.5, 0.6) is 0 Å². The second-order valence-electron chi connectivity index (χ2n) is 3.93. The Morgan fingerprint density at radius 1 is 1.21 bits per heavy atom. The maximum Gasteiger partial charge on any atom is 0.255 e. The van der Waals surface area contributed by atoms with Gasteiger partial charge in [-0.25, -0.2) is 9.07 Å². The predicted octanol–water partition coefficient (Wildman–Crippen LogP) is 2.94. The average molecular weight is 276 g/mol. The highest BCUT2D eigenvalue weighted by Gasteiger charge is 2.12. The van der Waals surface area contributed by atoms with Gasteiger partial charge in [-0.3, -0.25) is 4.79 Å². The van der Waals surface area contributed by atoms with Crippen LogP contribution in [-0.2, 0) is 0 Å². The first-order valence-electron chi connectivity index (χ1n) is 5.47. The molecule has 4 nitrogen and oxygen atoms in total. The zero-order valence-corrected chi connectivity index (χ0v) is 10.3. The van der Waals surface area contributed by atoms with Gasteiger partial charge in [0.25, 0.3) is 5.24 Å². The van der Waals surface area contributed by atoms with Crippen molar-refractivity contribution in [1.29, 1.82) is 0 Å². The summed E-state index contributed by atoms with van der Waals surface area (Å²) in [6.07, 6.45) is 0. The molecular formula is C13H7ClFN3O. The van der Waals surface area contributed by atoms with E-state index in [0.29, 0.717) is 11.2 Å². The van der Waals surface area contributed by atoms with Gasteiger partial charge in [0, 0.05) is 6.07 Å². The molecule has 0 saturated carbocycles. The Labute approximate surface area is 112 Å². The summed E-state index contributed by atoms with van der Waals surface area (Å²) in [5.74, 6) is -0.683. The predicted molar refractivity (Wildman–Crippen MR) is 69.0 cm³/mol. The molecule has 0 aliphatic carbocycles. The second-order valence-corrected chi connectivity index (χ2v) is 4.27. The van der Waals surface area contributed by atoms with Crippen molar-refractivity contribution in [2.75, 3.05) is 0 Å². The monoisotopic (exact) mass is 275 g/mol. The largest absolute Gasteiger partial charge is 0.275 e. The van der Waals surface area contributed by atoms with Crippen molar-refractivity contribution in [3.05, 3.63) is 53.8 Å². The van der Waals surface area contributed by atoms with Gasteiger partial charge >= 0.3 is 0 Å². The summed E-state index contributed by atoms with van der Waals surface area (Å²) >= 11 is 5.27. The van der Waals surface area contributed by atoms with Crippen LogP contribution in [0.25, 0.3) is 16.7 Å². The summed E-state index contributed by atoms with van der Waals surface area (Å²) in [4.78, 5) is 11.0. The lowest BCUT2D eigenvalue weighted by Gasteiger charge is -2.04. The van der Waals surface area contributed by atoms with Gasteiger partial charge in [-0.1, -0.05) is 17.3 Å². The van der Waals surface area contributed by atoms with E-state index in [1.807, 2.05) is 24.3 Å². The number of nitrogens with zero attached hydrogens (tertiary/aromatic N) is 3. The first-order valence-corrected chi connectivity index (χ1v) is 5.85. The van der Waals surface area contributed by atoms with Crippen molar-refractivity contribution in [3.8, 4) is 5.69 Å². The molecule has 0 bridgehead atoms. The fourth-order valence-electron chi connectivity index (χ4n) is 1.85. The molecule has 0 aliphatic heterocycles. The SMILES string of the molecule is O=C(Cl)c1ccc(-n2nnc3ccccc32)cc1F. The number of hydrogen-bond donors (Lipinski definition) is 0. The van der Waals surface area contributed by atoms with Crippen molar-refractivity contribution in [2.45, 2.75) is 0 Å². The van der Waals surface area contributed by atoms with Gasteiger partial charge in [-0.2, -0.15) is 0 Å². The zero-order valence-electron chi connectivity index (χ0n) is 9.55. The average Bonchev–Trinajstić information content (AvgIpc) is 2.82. The topological polar surface area (TPSA) is 47.8 Å². The summed E-state index contributed by atoms with van der Waals surface area (Å²) in [6, 6.07) is 11.4. The number of para-hydroxylation sites is 1. The van der Waals surface area contributed by atoms with Gasteiger partial charge < -0.3 is 0 Å². The highest BCUT2D eigenvalue weighted by atomic mass is 35.5. The Balaban J connectivity index is 2.17. The molecule has 0 saturated heterocycles. The summed E-state index contributed by atoms with van der Waals surface area (Å²) in [5.41, 5.74) is 1.79. The lowest BCUT2D eigenvalue weighted by atomic mass is 10.2. The smallest absolute Gasteiger partial charge is 0.255 e. The molecule has 0 radical (unpaired) electrons. The number of carbonyl (C=O) groups excluding carboxylic acids is 1. The molecule has 2 aromatic carbocycles. The third-order valence-corrected chi connectivity index (χ3v) is 2.96. The molecule has 0 atom stereocenters. The van der Waals surface area contributed by atoms with Crippen LogP contribution in [0.1, 0.15) is 10.4 Å². The Bertz CT molecular complexity index is 784. The van der Waals surface area contributed by atoms with E-state index in [2.05, 4.69) is 10.3 Å². The Hall–Kier alpha value is -2.27. The van der Waals surface area contributed by atoms with E-state index in [4.69, 9.17) is 11.6 Å². The van der Waals surface area contributed by atoms with E-state index >= 15 is 0 Å². The van der Waals surface area contributed by atoms with Crippen LogP contribution in [0.3, 0.4) is 0 Å². The van der Waals surface area contributed by atoms with Crippen molar-refractivity contribution in [1.82, 2.24) is 15.0 Å². The molecule has 0 N–H and O–H groups in total. The van der Waals surface area contributed by atoms with Gasteiger partial charge in [0.2, 0.25) is 0 Å². The number of halogens is 2. The third kappa shape index (κ3) is 1.98. The lowest BCUT2D eigenvalue weighted by molar-refractivity contribution is 0.107. The number of benzene rings is 2. The molecule has 0 unspecified atom stereocenters. The first kappa shape index (κ1) is 11.8. The number of aromatic nitrogens is 3. The van der Waals surface area contributed by atoms with Gasteiger partial charge in [0.15, 0.2) is 0 Å². The van der Waals surface area contributed by atoms with Crippen molar-refractivity contribution >= 4 is 27.9 Å². The molecule has 0 spiro atoms. The molecule has 6 heteroatoms. The minimum atomic E-state index is -0.826. The highest BCUT2D eigenvalue weighted by molar-refractivity contribution is 6.67. The quantitative estimate of drug-likeness (QED) is 0.676. The van der Waals surface area contributed by atoms with Gasteiger partial charge in [-0.05, 0) is 35.9 Å². The number of rotatable bonds is 2. The number of carbonyl (C=O) groups is 1. The Morgan fingerprint density at radius 2 is 2.00 bits per heavy atom. The fourth-order valence-corrected chi connectivity index (χ4v) is 2.01. The van der Waals surface area contributed by atoms with E-state index in [1.54, 1.807) is 6.07 Å². The second kappa shape index (κ2) is 4.44. The molecule has 1 heterocycles. The lowest BCUT2D eigenvalue weighted by Crippen LogP contribution is -2.00. The Kier molecular flexibility index (Phi) is 2.76. The number of fused-ring (bicyclic) bond motifs is 1.